The van der Waals surface area contributed by atoms with Crippen molar-refractivity contribution in [3.05, 3.63) is 40.0 Å². The summed E-state index contributed by atoms with van der Waals surface area (Å²) >= 11 is 1.20. The number of hydrogen-bond acceptors (Lipinski definition) is 13. The molecule has 1 unspecified atom stereocenters. The number of oxime groups is 1. The lowest BCUT2D eigenvalue weighted by atomic mass is 9.93. The molecule has 2 aromatic rings. The van der Waals surface area contributed by atoms with Crippen LogP contribution in [-0.2, 0) is 19.2 Å². The van der Waals surface area contributed by atoms with Crippen molar-refractivity contribution in [3.63, 3.8) is 0 Å². The molecule has 2 aliphatic heterocycles. The van der Waals surface area contributed by atoms with Gasteiger partial charge in [0.1, 0.15) is 12.8 Å². The summed E-state index contributed by atoms with van der Waals surface area (Å²) in [4.78, 5) is 52.2. The highest BCUT2D eigenvalue weighted by Gasteiger charge is 2.37. The van der Waals surface area contributed by atoms with E-state index < -0.39 is 18.0 Å². The number of benzene rings is 1. The lowest BCUT2D eigenvalue weighted by molar-refractivity contribution is -0.139. The van der Waals surface area contributed by atoms with Crippen molar-refractivity contribution < 1.29 is 38.2 Å². The molecule has 0 saturated carbocycles. The minimum atomic E-state index is -0.904. The number of methoxy groups -OCH3 is 3. The van der Waals surface area contributed by atoms with Gasteiger partial charge in [-0.15, -0.1) is 11.3 Å². The molecule has 1 aromatic heterocycles. The second-order valence-electron chi connectivity index (χ2n) is 9.33. The predicted molar refractivity (Wildman–Crippen MR) is 157 cm³/mol. The number of urea groups is 1. The molecule has 0 bridgehead atoms. The molecule has 16 heteroatoms. The van der Waals surface area contributed by atoms with E-state index in [4.69, 9.17) is 29.5 Å². The van der Waals surface area contributed by atoms with E-state index in [1.54, 1.807) is 29.3 Å². The van der Waals surface area contributed by atoms with Crippen molar-refractivity contribution in [1.29, 1.82) is 0 Å². The number of esters is 1. The van der Waals surface area contributed by atoms with Gasteiger partial charge in [0, 0.05) is 49.4 Å². The zero-order chi connectivity index (χ0) is 31.1. The van der Waals surface area contributed by atoms with E-state index in [1.807, 2.05) is 4.90 Å². The molecule has 0 radical (unpaired) electrons. The molecule has 4 rings (SSSR count). The lowest BCUT2D eigenvalue weighted by Crippen LogP contribution is -2.53. The second-order valence-corrected chi connectivity index (χ2v) is 10.2. The van der Waals surface area contributed by atoms with E-state index in [9.17, 15) is 14.4 Å². The molecule has 1 aromatic carbocycles. The van der Waals surface area contributed by atoms with E-state index in [-0.39, 0.29) is 30.3 Å². The van der Waals surface area contributed by atoms with Crippen LogP contribution in [0.15, 0.2) is 33.9 Å². The topological polar surface area (TPSA) is 179 Å². The molecule has 1 fully saturated rings. The Hall–Kier alpha value is -4.57. The van der Waals surface area contributed by atoms with Crippen molar-refractivity contribution in [2.75, 3.05) is 73.5 Å². The number of nitrogen functional groups attached to an aromatic ring is 1. The Morgan fingerprint density at radius 1 is 1.09 bits per heavy atom. The minimum Gasteiger partial charge on any atom is -0.493 e. The van der Waals surface area contributed by atoms with Crippen LogP contribution in [-0.4, -0.2) is 106 Å². The zero-order valence-corrected chi connectivity index (χ0v) is 25.4. The van der Waals surface area contributed by atoms with Gasteiger partial charge in [-0.05, 0) is 19.1 Å². The smallest absolute Gasteiger partial charge is 0.338 e. The highest BCUT2D eigenvalue weighted by molar-refractivity contribution is 7.13. The second kappa shape index (κ2) is 14.1. The van der Waals surface area contributed by atoms with Crippen molar-refractivity contribution in [3.8, 4) is 17.2 Å². The number of ether oxygens (including phenoxy) is 4. The number of anilines is 1. The van der Waals surface area contributed by atoms with Crippen molar-refractivity contribution in [2.24, 2.45) is 5.16 Å². The first-order valence-corrected chi connectivity index (χ1v) is 14.2. The van der Waals surface area contributed by atoms with Gasteiger partial charge in [0.25, 0.3) is 5.91 Å². The van der Waals surface area contributed by atoms with E-state index >= 15 is 0 Å². The van der Waals surface area contributed by atoms with Crippen LogP contribution in [0, 0.1) is 0 Å². The SMILES string of the molecule is CCOC(=O)C1=C(CN2CCN(C(=O)/C(=N/OC)c3csc(N)n3)CC2)NC(=O)NC1c1ccc(OC)c(OC)c1OC. The van der Waals surface area contributed by atoms with Crippen molar-refractivity contribution >= 4 is 40.1 Å². The van der Waals surface area contributed by atoms with Crippen LogP contribution in [0.1, 0.15) is 24.2 Å². The van der Waals surface area contributed by atoms with Gasteiger partial charge < -0.3 is 45.1 Å². The third-order valence-electron chi connectivity index (χ3n) is 6.89. The molecule has 1 atom stereocenters. The third kappa shape index (κ3) is 6.75. The van der Waals surface area contributed by atoms with Gasteiger partial charge >= 0.3 is 12.0 Å². The summed E-state index contributed by atoms with van der Waals surface area (Å²) in [7, 11) is 5.79. The third-order valence-corrected chi connectivity index (χ3v) is 7.56. The van der Waals surface area contributed by atoms with Gasteiger partial charge in [-0.2, -0.15) is 0 Å². The van der Waals surface area contributed by atoms with E-state index in [2.05, 4.69) is 20.8 Å². The molecule has 0 spiro atoms. The maximum Gasteiger partial charge on any atom is 0.338 e. The fourth-order valence-corrected chi connectivity index (χ4v) is 5.49. The van der Waals surface area contributed by atoms with Crippen LogP contribution in [0.2, 0.25) is 0 Å². The van der Waals surface area contributed by atoms with Gasteiger partial charge in [0.2, 0.25) is 5.75 Å². The minimum absolute atomic E-state index is 0.0635. The number of carbonyl (C=O) groups excluding carboxylic acids is 3. The quantitative estimate of drug-likeness (QED) is 0.187. The predicted octanol–water partition coefficient (Wildman–Crippen LogP) is 1.12. The molecule has 4 N–H and O–H groups in total. The fourth-order valence-electron chi connectivity index (χ4n) is 4.94. The summed E-state index contributed by atoms with van der Waals surface area (Å²) in [5.74, 6) is 0.113. The number of nitrogens with zero attached hydrogens (tertiary/aromatic N) is 4. The van der Waals surface area contributed by atoms with Crippen LogP contribution >= 0.6 is 11.3 Å². The van der Waals surface area contributed by atoms with Crippen LogP contribution in [0.5, 0.6) is 17.2 Å². The Morgan fingerprint density at radius 3 is 2.40 bits per heavy atom. The van der Waals surface area contributed by atoms with E-state index in [0.717, 1.165) is 0 Å². The summed E-state index contributed by atoms with van der Waals surface area (Å²) in [6.07, 6.45) is 0. The first kappa shape index (κ1) is 31.4. The molecular weight excluding hydrogens is 582 g/mol. The number of rotatable bonds is 11. The number of hydrogen-bond donors (Lipinski definition) is 3. The summed E-state index contributed by atoms with van der Waals surface area (Å²) in [5.41, 5.74) is 7.23. The Balaban J connectivity index is 1.60. The Kier molecular flexibility index (Phi) is 10.3. The molecule has 3 amide bonds. The fraction of sp³-hybridized carbons (Fsp3) is 0.444. The highest BCUT2D eigenvalue weighted by atomic mass is 32.1. The van der Waals surface area contributed by atoms with Gasteiger partial charge in [-0.1, -0.05) is 5.16 Å². The van der Waals surface area contributed by atoms with Crippen molar-refractivity contribution in [1.82, 2.24) is 25.4 Å². The average Bonchev–Trinajstić information content (AvgIpc) is 3.44. The van der Waals surface area contributed by atoms with Gasteiger partial charge in [-0.3, -0.25) is 9.69 Å². The molecule has 0 aliphatic carbocycles. The largest absolute Gasteiger partial charge is 0.493 e. The Bertz CT molecular complexity index is 1420. The normalized spacial score (nSPS) is 17.6. The summed E-state index contributed by atoms with van der Waals surface area (Å²) < 4.78 is 22.0. The number of thiazole rings is 1. The van der Waals surface area contributed by atoms with Crippen LogP contribution in [0.3, 0.4) is 0 Å². The Labute approximate surface area is 252 Å². The molecule has 2 aliphatic rings. The van der Waals surface area contributed by atoms with Gasteiger partial charge in [0.15, 0.2) is 22.3 Å². The molecule has 232 valence electrons. The van der Waals surface area contributed by atoms with Crippen LogP contribution in [0.4, 0.5) is 9.93 Å². The summed E-state index contributed by atoms with van der Waals surface area (Å²) in [6, 6.07) is 1.97. The first-order chi connectivity index (χ1) is 20.8. The lowest BCUT2D eigenvalue weighted by Gasteiger charge is -2.37. The molecule has 1 saturated heterocycles. The number of aromatic nitrogens is 1. The standard InChI is InChI=1S/C27H35N7O8S/c1-6-42-25(36)19-16(30-27(37)31-20(19)15-7-8-18(38-2)23(40-4)22(15)39-3)13-33-9-11-34(12-10-33)24(35)21(32-41-5)17-14-43-26(28)29-17/h7-8,14,20H,6,9-13H2,1-5H3,(H2,28,29)(H2,30,31,37)/b32-21+. The number of nitrogens with one attached hydrogen (secondary N) is 2. The molecule has 15 nitrogen and oxygen atoms in total. The number of amides is 3. The molecule has 43 heavy (non-hydrogen) atoms. The van der Waals surface area contributed by atoms with Crippen LogP contribution < -0.4 is 30.6 Å². The highest BCUT2D eigenvalue weighted by Crippen LogP contribution is 2.44. The maximum absolute atomic E-state index is 13.4. The maximum atomic E-state index is 13.4. The number of piperazine rings is 1. The van der Waals surface area contributed by atoms with Gasteiger partial charge in [0.05, 0.1) is 39.6 Å². The van der Waals surface area contributed by atoms with Crippen LogP contribution in [0.25, 0.3) is 0 Å². The molecular formula is C27H35N7O8S. The Morgan fingerprint density at radius 2 is 1.81 bits per heavy atom. The average molecular weight is 618 g/mol. The molecule has 3 heterocycles. The summed E-state index contributed by atoms with van der Waals surface area (Å²) in [5, 5.41) is 11.5. The van der Waals surface area contributed by atoms with E-state index in [1.165, 1.54) is 39.8 Å². The van der Waals surface area contributed by atoms with E-state index in [0.29, 0.717) is 65.5 Å². The monoisotopic (exact) mass is 617 g/mol. The first-order valence-electron chi connectivity index (χ1n) is 13.4. The zero-order valence-electron chi connectivity index (χ0n) is 24.6. The van der Waals surface area contributed by atoms with Crippen molar-refractivity contribution in [2.45, 2.75) is 13.0 Å². The number of carbonyl (C=O) groups is 3. The number of nitrogens with two attached hydrogens (primary N) is 1. The van der Waals surface area contributed by atoms with Gasteiger partial charge in [-0.25, -0.2) is 14.6 Å². The summed E-state index contributed by atoms with van der Waals surface area (Å²) in [6.45, 7) is 3.70.